The van der Waals surface area contributed by atoms with E-state index in [-0.39, 0.29) is 17.6 Å². The van der Waals surface area contributed by atoms with Gasteiger partial charge in [0.1, 0.15) is 5.69 Å². The molecule has 1 fully saturated rings. The Kier molecular flexibility index (Phi) is 5.48. The van der Waals surface area contributed by atoms with E-state index in [0.717, 1.165) is 12.1 Å². The molecule has 1 unspecified atom stereocenters. The summed E-state index contributed by atoms with van der Waals surface area (Å²) in [7, 11) is 0. The first-order chi connectivity index (χ1) is 12.5. The molecule has 0 bridgehead atoms. The van der Waals surface area contributed by atoms with E-state index in [4.69, 9.17) is 0 Å². The van der Waals surface area contributed by atoms with Crippen LogP contribution in [0.2, 0.25) is 0 Å². The Labute approximate surface area is 152 Å². The summed E-state index contributed by atoms with van der Waals surface area (Å²) in [4.78, 5) is 25.4. The van der Waals surface area contributed by atoms with E-state index < -0.39 is 4.92 Å². The van der Waals surface area contributed by atoms with Crippen molar-refractivity contribution in [2.45, 2.75) is 19.5 Å². The van der Waals surface area contributed by atoms with Crippen molar-refractivity contribution >= 4 is 17.3 Å². The van der Waals surface area contributed by atoms with Crippen molar-refractivity contribution in [2.24, 2.45) is 0 Å². The maximum Gasteiger partial charge on any atom is 0.293 e. The van der Waals surface area contributed by atoms with Crippen LogP contribution in [0.1, 0.15) is 22.8 Å². The van der Waals surface area contributed by atoms with Crippen LogP contribution in [0.3, 0.4) is 0 Å². The van der Waals surface area contributed by atoms with Crippen LogP contribution in [0.15, 0.2) is 48.5 Å². The smallest absolute Gasteiger partial charge is 0.293 e. The molecule has 0 spiro atoms. The fourth-order valence-electron chi connectivity index (χ4n) is 3.06. The van der Waals surface area contributed by atoms with E-state index in [1.54, 1.807) is 17.0 Å². The third kappa shape index (κ3) is 4.18. The van der Waals surface area contributed by atoms with Gasteiger partial charge < -0.3 is 15.5 Å². The predicted molar refractivity (Wildman–Crippen MR) is 100 cm³/mol. The van der Waals surface area contributed by atoms with Crippen LogP contribution in [-0.2, 0) is 6.54 Å². The van der Waals surface area contributed by atoms with Gasteiger partial charge in [-0.3, -0.25) is 14.9 Å². The number of hydrogen-bond acceptors (Lipinski definition) is 5. The van der Waals surface area contributed by atoms with Crippen molar-refractivity contribution in [1.29, 1.82) is 0 Å². The molecule has 7 nitrogen and oxygen atoms in total. The normalized spacial score (nSPS) is 17.0. The zero-order chi connectivity index (χ0) is 18.5. The highest BCUT2D eigenvalue weighted by Crippen LogP contribution is 2.27. The van der Waals surface area contributed by atoms with Crippen LogP contribution >= 0.6 is 0 Å². The molecule has 1 heterocycles. The van der Waals surface area contributed by atoms with E-state index in [1.807, 2.05) is 37.3 Å². The van der Waals surface area contributed by atoms with Gasteiger partial charge in [0, 0.05) is 43.9 Å². The van der Waals surface area contributed by atoms with Crippen LogP contribution in [0, 0.1) is 10.1 Å². The average Bonchev–Trinajstić information content (AvgIpc) is 2.66. The van der Waals surface area contributed by atoms with Gasteiger partial charge in [-0.05, 0) is 24.6 Å². The summed E-state index contributed by atoms with van der Waals surface area (Å²) in [6.07, 6.45) is 0. The average molecular weight is 354 g/mol. The summed E-state index contributed by atoms with van der Waals surface area (Å²) in [5.41, 5.74) is 1.69. The molecule has 1 saturated heterocycles. The zero-order valence-corrected chi connectivity index (χ0v) is 14.6. The summed E-state index contributed by atoms with van der Waals surface area (Å²) in [6, 6.07) is 14.5. The topological polar surface area (TPSA) is 87.5 Å². The third-order valence-electron chi connectivity index (χ3n) is 4.42. The molecule has 136 valence electrons. The zero-order valence-electron chi connectivity index (χ0n) is 14.6. The summed E-state index contributed by atoms with van der Waals surface area (Å²) >= 11 is 0. The first-order valence-corrected chi connectivity index (χ1v) is 8.63. The molecule has 2 N–H and O–H groups in total. The van der Waals surface area contributed by atoms with Crippen LogP contribution in [-0.4, -0.2) is 41.4 Å². The molecule has 26 heavy (non-hydrogen) atoms. The van der Waals surface area contributed by atoms with Gasteiger partial charge in [0.15, 0.2) is 0 Å². The fraction of sp³-hybridized carbons (Fsp3) is 0.316. The van der Waals surface area contributed by atoms with Gasteiger partial charge in [-0.1, -0.05) is 30.3 Å². The predicted octanol–water partition coefficient (Wildman–Crippen LogP) is 2.64. The quantitative estimate of drug-likeness (QED) is 0.637. The molecule has 1 amide bonds. The monoisotopic (exact) mass is 354 g/mol. The number of anilines is 1. The molecule has 1 aliphatic rings. The minimum Gasteiger partial charge on any atom is -0.375 e. The molecule has 0 radical (unpaired) electrons. The SMILES string of the molecule is CC1CN(C(=O)c2ccc(NCc3ccccc3)c([N+](=O)[O-])c2)CCN1. The first kappa shape index (κ1) is 17.9. The standard InChI is InChI=1S/C19H22N4O3/c1-14-13-22(10-9-20-14)19(24)16-7-8-17(18(11-16)23(25)26)21-12-15-5-3-2-4-6-15/h2-8,11,14,20-21H,9-10,12-13H2,1H3. The molecule has 2 aromatic carbocycles. The number of piperazine rings is 1. The summed E-state index contributed by atoms with van der Waals surface area (Å²) in [5.74, 6) is -0.170. The number of benzene rings is 2. The number of rotatable bonds is 5. The van der Waals surface area contributed by atoms with Gasteiger partial charge in [0.2, 0.25) is 0 Å². The summed E-state index contributed by atoms with van der Waals surface area (Å²) in [5, 5.41) is 17.8. The molecule has 1 aliphatic heterocycles. The number of nitro groups is 1. The van der Waals surface area contributed by atoms with E-state index >= 15 is 0 Å². The second-order valence-electron chi connectivity index (χ2n) is 6.43. The third-order valence-corrected chi connectivity index (χ3v) is 4.42. The molecule has 7 heteroatoms. The highest BCUT2D eigenvalue weighted by Gasteiger charge is 2.24. The second-order valence-corrected chi connectivity index (χ2v) is 6.43. The molecule has 0 aromatic heterocycles. The Morgan fingerprint density at radius 1 is 1.31 bits per heavy atom. The summed E-state index contributed by atoms with van der Waals surface area (Å²) < 4.78 is 0. The lowest BCUT2D eigenvalue weighted by Crippen LogP contribution is -2.51. The Morgan fingerprint density at radius 3 is 2.77 bits per heavy atom. The lowest BCUT2D eigenvalue weighted by molar-refractivity contribution is -0.384. The van der Waals surface area contributed by atoms with Gasteiger partial charge >= 0.3 is 0 Å². The molecule has 3 rings (SSSR count). The molecule has 0 saturated carbocycles. The van der Waals surface area contributed by atoms with Crippen LogP contribution in [0.5, 0.6) is 0 Å². The Balaban J connectivity index is 1.78. The molecule has 1 atom stereocenters. The number of amides is 1. The fourth-order valence-corrected chi connectivity index (χ4v) is 3.06. The van der Waals surface area contributed by atoms with Crippen molar-refractivity contribution in [1.82, 2.24) is 10.2 Å². The van der Waals surface area contributed by atoms with Crippen molar-refractivity contribution in [3.8, 4) is 0 Å². The number of nitrogens with zero attached hydrogens (tertiary/aromatic N) is 2. The lowest BCUT2D eigenvalue weighted by Gasteiger charge is -2.32. The highest BCUT2D eigenvalue weighted by atomic mass is 16.6. The largest absolute Gasteiger partial charge is 0.375 e. The van der Waals surface area contributed by atoms with E-state index in [9.17, 15) is 14.9 Å². The maximum atomic E-state index is 12.7. The van der Waals surface area contributed by atoms with E-state index in [0.29, 0.717) is 30.9 Å². The number of hydrogen-bond donors (Lipinski definition) is 2. The molecule has 0 aliphatic carbocycles. The van der Waals surface area contributed by atoms with Gasteiger partial charge in [-0.2, -0.15) is 0 Å². The first-order valence-electron chi connectivity index (χ1n) is 8.63. The van der Waals surface area contributed by atoms with Gasteiger partial charge in [0.05, 0.1) is 4.92 Å². The lowest BCUT2D eigenvalue weighted by atomic mass is 10.1. The minimum absolute atomic E-state index is 0.0880. The summed E-state index contributed by atoms with van der Waals surface area (Å²) in [6.45, 7) is 4.42. The van der Waals surface area contributed by atoms with E-state index in [1.165, 1.54) is 6.07 Å². The second kappa shape index (κ2) is 7.97. The van der Waals surface area contributed by atoms with Crippen molar-refractivity contribution in [2.75, 3.05) is 25.0 Å². The van der Waals surface area contributed by atoms with Gasteiger partial charge in [-0.15, -0.1) is 0 Å². The molecular formula is C19H22N4O3. The highest BCUT2D eigenvalue weighted by molar-refractivity contribution is 5.95. The van der Waals surface area contributed by atoms with E-state index in [2.05, 4.69) is 10.6 Å². The van der Waals surface area contributed by atoms with Crippen LogP contribution < -0.4 is 10.6 Å². The Bertz CT molecular complexity index is 795. The molecule has 2 aromatic rings. The minimum atomic E-state index is -0.454. The van der Waals surface area contributed by atoms with Gasteiger partial charge in [0.25, 0.3) is 11.6 Å². The van der Waals surface area contributed by atoms with Crippen LogP contribution in [0.25, 0.3) is 0 Å². The van der Waals surface area contributed by atoms with Crippen molar-refractivity contribution < 1.29 is 9.72 Å². The van der Waals surface area contributed by atoms with Crippen LogP contribution in [0.4, 0.5) is 11.4 Å². The van der Waals surface area contributed by atoms with Gasteiger partial charge in [-0.25, -0.2) is 0 Å². The van der Waals surface area contributed by atoms with Crippen molar-refractivity contribution in [3.05, 3.63) is 69.8 Å². The number of nitro benzene ring substituents is 1. The number of nitrogens with one attached hydrogen (secondary N) is 2. The number of carbonyl (C=O) groups excluding carboxylic acids is 1. The Morgan fingerprint density at radius 2 is 2.08 bits per heavy atom. The molecular weight excluding hydrogens is 332 g/mol. The van der Waals surface area contributed by atoms with Crippen molar-refractivity contribution in [3.63, 3.8) is 0 Å². The maximum absolute atomic E-state index is 12.7. The number of carbonyl (C=O) groups is 1. The Hall–Kier alpha value is -2.93.